The molecule has 1 saturated heterocycles. The zero-order chi connectivity index (χ0) is 25.8. The van der Waals surface area contributed by atoms with E-state index in [-0.39, 0.29) is 23.7 Å². The number of carbonyl (C=O) groups excluding carboxylic acids is 2. The maximum Gasteiger partial charge on any atom is 0.254 e. The molecule has 6 rings (SSSR count). The van der Waals surface area contributed by atoms with E-state index in [1.807, 2.05) is 74.3 Å². The van der Waals surface area contributed by atoms with Crippen LogP contribution in [0.1, 0.15) is 60.9 Å². The zero-order valence-corrected chi connectivity index (χ0v) is 21.3. The van der Waals surface area contributed by atoms with E-state index in [1.54, 1.807) is 17.1 Å². The summed E-state index contributed by atoms with van der Waals surface area (Å²) in [5, 5.41) is 5.32. The minimum Gasteiger partial charge on any atom is -0.483 e. The highest BCUT2D eigenvalue weighted by Gasteiger charge is 2.45. The minimum atomic E-state index is -0.602. The number of benzene rings is 1. The van der Waals surface area contributed by atoms with Gasteiger partial charge < -0.3 is 9.64 Å². The van der Waals surface area contributed by atoms with Crippen LogP contribution in [-0.4, -0.2) is 55.0 Å². The fraction of sp³-hybridized carbons (Fsp3) is 0.345. The van der Waals surface area contributed by atoms with Gasteiger partial charge in [-0.15, -0.1) is 0 Å². The lowest BCUT2D eigenvalue weighted by atomic mass is 9.83. The lowest BCUT2D eigenvalue weighted by molar-refractivity contribution is -0.00581. The normalized spacial score (nSPS) is 17.1. The number of rotatable bonds is 2. The number of carbonyl (C=O) groups is 2. The third-order valence-electron chi connectivity index (χ3n) is 7.33. The van der Waals surface area contributed by atoms with Gasteiger partial charge in [0.15, 0.2) is 17.2 Å². The fourth-order valence-electron chi connectivity index (χ4n) is 5.20. The highest BCUT2D eigenvalue weighted by molar-refractivity contribution is 6.07. The van der Waals surface area contributed by atoms with Crippen molar-refractivity contribution in [1.82, 2.24) is 24.6 Å². The Balaban J connectivity index is 1.26. The van der Waals surface area contributed by atoms with E-state index in [0.717, 1.165) is 22.2 Å². The molecule has 37 heavy (non-hydrogen) atoms. The quantitative estimate of drug-likeness (QED) is 0.393. The second kappa shape index (κ2) is 8.50. The highest BCUT2D eigenvalue weighted by Crippen LogP contribution is 2.40. The van der Waals surface area contributed by atoms with Crippen LogP contribution in [0.5, 0.6) is 5.75 Å². The van der Waals surface area contributed by atoms with Crippen LogP contribution in [-0.2, 0) is 5.54 Å². The van der Waals surface area contributed by atoms with Gasteiger partial charge >= 0.3 is 0 Å². The van der Waals surface area contributed by atoms with Crippen LogP contribution in [0.3, 0.4) is 0 Å². The molecule has 0 radical (unpaired) electrons. The van der Waals surface area contributed by atoms with Crippen LogP contribution in [0, 0.1) is 0 Å². The van der Waals surface area contributed by atoms with Gasteiger partial charge in [-0.3, -0.25) is 19.3 Å². The van der Waals surface area contributed by atoms with Crippen molar-refractivity contribution < 1.29 is 14.3 Å². The summed E-state index contributed by atoms with van der Waals surface area (Å²) in [5.74, 6) is 0.520. The lowest BCUT2D eigenvalue weighted by Gasteiger charge is -2.43. The molecule has 2 aliphatic heterocycles. The van der Waals surface area contributed by atoms with Crippen LogP contribution in [0.25, 0.3) is 22.2 Å². The monoisotopic (exact) mass is 495 g/mol. The molecular weight excluding hydrogens is 466 g/mol. The summed E-state index contributed by atoms with van der Waals surface area (Å²) in [5.41, 5.74) is 2.61. The predicted octanol–water partition coefficient (Wildman–Crippen LogP) is 4.89. The molecule has 0 aliphatic carbocycles. The molecular formula is C29H29N5O3. The standard InChI is InChI=1S/C29H29N5O3/c1-28(2,3)34-18-25-26(32-34)24(35)17-29(37-25)10-14-33(15-11-29)27(36)21-16-23(19-8-12-30-13-9-19)31-22-7-5-4-6-20(21)22/h4-9,12-13,16,18H,10-11,14-15,17H2,1-3H3. The van der Waals surface area contributed by atoms with Crippen molar-refractivity contribution in [3.8, 4) is 17.0 Å². The number of para-hydroxylation sites is 1. The SMILES string of the molecule is CC(C)(C)n1cc2c(n1)C(=O)CC1(CCN(C(=O)c3cc(-c4ccncc4)nc4ccccc34)CC1)O2. The molecule has 5 heterocycles. The zero-order valence-electron chi connectivity index (χ0n) is 21.3. The summed E-state index contributed by atoms with van der Waals surface area (Å²) in [6.45, 7) is 7.14. The molecule has 0 bridgehead atoms. The lowest BCUT2D eigenvalue weighted by Crippen LogP contribution is -2.52. The molecule has 0 atom stereocenters. The number of hydrogen-bond donors (Lipinski definition) is 0. The molecule has 4 aromatic rings. The van der Waals surface area contributed by atoms with Gasteiger partial charge in [-0.2, -0.15) is 5.10 Å². The number of ketones is 1. The Morgan fingerprint density at radius 1 is 1.05 bits per heavy atom. The summed E-state index contributed by atoms with van der Waals surface area (Å²) >= 11 is 0. The number of amides is 1. The molecule has 1 aromatic carbocycles. The second-order valence-electron chi connectivity index (χ2n) is 10.9. The number of aromatic nitrogens is 4. The molecule has 0 saturated carbocycles. The van der Waals surface area contributed by atoms with E-state index >= 15 is 0 Å². The molecule has 1 spiro atoms. The Labute approximate surface area is 215 Å². The Morgan fingerprint density at radius 2 is 1.78 bits per heavy atom. The molecule has 3 aromatic heterocycles. The highest BCUT2D eigenvalue weighted by atomic mass is 16.5. The third-order valence-corrected chi connectivity index (χ3v) is 7.33. The van der Waals surface area contributed by atoms with E-state index in [9.17, 15) is 9.59 Å². The molecule has 0 unspecified atom stereocenters. The van der Waals surface area contributed by atoms with Crippen LogP contribution < -0.4 is 4.74 Å². The van der Waals surface area contributed by atoms with Crippen LogP contribution >= 0.6 is 0 Å². The van der Waals surface area contributed by atoms with Crippen LogP contribution in [0.4, 0.5) is 0 Å². The van der Waals surface area contributed by atoms with Crippen molar-refractivity contribution in [3.63, 3.8) is 0 Å². The molecule has 1 amide bonds. The number of ether oxygens (including phenoxy) is 1. The van der Waals surface area contributed by atoms with Gasteiger partial charge in [0.2, 0.25) is 0 Å². The maximum atomic E-state index is 13.8. The first-order valence-electron chi connectivity index (χ1n) is 12.6. The first kappa shape index (κ1) is 23.3. The van der Waals surface area contributed by atoms with E-state index in [2.05, 4.69) is 10.1 Å². The first-order valence-corrected chi connectivity index (χ1v) is 12.6. The molecule has 0 N–H and O–H groups in total. The Morgan fingerprint density at radius 3 is 2.51 bits per heavy atom. The summed E-state index contributed by atoms with van der Waals surface area (Å²) in [6.07, 6.45) is 6.73. The number of nitrogens with zero attached hydrogens (tertiary/aromatic N) is 5. The number of hydrogen-bond acceptors (Lipinski definition) is 6. The smallest absolute Gasteiger partial charge is 0.254 e. The Hall–Kier alpha value is -4.07. The van der Waals surface area contributed by atoms with Gasteiger partial charge in [0.05, 0.1) is 34.9 Å². The van der Waals surface area contributed by atoms with Gasteiger partial charge in [0.25, 0.3) is 5.91 Å². The largest absolute Gasteiger partial charge is 0.483 e. The van der Waals surface area contributed by atoms with Crippen molar-refractivity contribution in [2.75, 3.05) is 13.1 Å². The van der Waals surface area contributed by atoms with E-state index in [1.165, 1.54) is 0 Å². The number of pyridine rings is 2. The summed E-state index contributed by atoms with van der Waals surface area (Å²) in [4.78, 5) is 37.6. The van der Waals surface area contributed by atoms with E-state index in [4.69, 9.17) is 9.72 Å². The Bertz CT molecular complexity index is 1510. The van der Waals surface area contributed by atoms with Gasteiger partial charge in [-0.05, 0) is 45.0 Å². The minimum absolute atomic E-state index is 0.00569. The predicted molar refractivity (Wildman–Crippen MR) is 140 cm³/mol. The molecule has 8 heteroatoms. The molecule has 1 fully saturated rings. The van der Waals surface area contributed by atoms with Gasteiger partial charge in [-0.1, -0.05) is 18.2 Å². The number of Topliss-reactive ketones (excluding diaryl/α,β-unsaturated/α-hetero) is 1. The van der Waals surface area contributed by atoms with Gasteiger partial charge in [0, 0.05) is 49.3 Å². The molecule has 2 aliphatic rings. The van der Waals surface area contributed by atoms with Crippen LogP contribution in [0.15, 0.2) is 61.1 Å². The van der Waals surface area contributed by atoms with Crippen LogP contribution in [0.2, 0.25) is 0 Å². The molecule has 188 valence electrons. The summed E-state index contributed by atoms with van der Waals surface area (Å²) in [6, 6.07) is 13.4. The van der Waals surface area contributed by atoms with Crippen molar-refractivity contribution in [3.05, 3.63) is 72.3 Å². The second-order valence-corrected chi connectivity index (χ2v) is 10.9. The summed E-state index contributed by atoms with van der Waals surface area (Å²) < 4.78 is 8.22. The van der Waals surface area contributed by atoms with E-state index in [0.29, 0.717) is 42.9 Å². The Kier molecular flexibility index (Phi) is 5.36. The number of piperidine rings is 1. The average molecular weight is 496 g/mol. The fourth-order valence-corrected chi connectivity index (χ4v) is 5.20. The summed E-state index contributed by atoms with van der Waals surface area (Å²) in [7, 11) is 0. The number of fused-ring (bicyclic) bond motifs is 2. The van der Waals surface area contributed by atoms with Crippen molar-refractivity contribution >= 4 is 22.6 Å². The van der Waals surface area contributed by atoms with E-state index < -0.39 is 5.60 Å². The topological polar surface area (TPSA) is 90.2 Å². The van der Waals surface area contributed by atoms with Gasteiger partial charge in [0.1, 0.15) is 5.60 Å². The first-order chi connectivity index (χ1) is 17.7. The average Bonchev–Trinajstić information content (AvgIpc) is 3.34. The van der Waals surface area contributed by atoms with Crippen molar-refractivity contribution in [1.29, 1.82) is 0 Å². The molecule has 8 nitrogen and oxygen atoms in total. The number of likely N-dealkylation sites (tertiary alicyclic amines) is 1. The maximum absolute atomic E-state index is 13.8. The third kappa shape index (κ3) is 4.16. The van der Waals surface area contributed by atoms with Gasteiger partial charge in [-0.25, -0.2) is 4.98 Å². The van der Waals surface area contributed by atoms with Crippen molar-refractivity contribution in [2.24, 2.45) is 0 Å². The van der Waals surface area contributed by atoms with Crippen molar-refractivity contribution in [2.45, 2.75) is 51.2 Å².